The van der Waals surface area contributed by atoms with E-state index in [1.807, 2.05) is 13.0 Å². The Hall–Kier alpha value is -1.75. The zero-order valence-corrected chi connectivity index (χ0v) is 9.65. The molecule has 2 heterocycles. The molecule has 0 aliphatic rings. The Bertz CT molecular complexity index is 495. The first-order chi connectivity index (χ1) is 8.19. The van der Waals surface area contributed by atoms with E-state index in [9.17, 15) is 4.39 Å². The van der Waals surface area contributed by atoms with Crippen LogP contribution in [0.1, 0.15) is 19.0 Å². The second-order valence-corrected chi connectivity index (χ2v) is 4.04. The fourth-order valence-electron chi connectivity index (χ4n) is 1.59. The predicted molar refractivity (Wildman–Crippen MR) is 63.7 cm³/mol. The van der Waals surface area contributed by atoms with Crippen molar-refractivity contribution in [2.45, 2.75) is 25.8 Å². The Balaban J connectivity index is 2.18. The van der Waals surface area contributed by atoms with E-state index in [-0.39, 0.29) is 11.9 Å². The van der Waals surface area contributed by atoms with Crippen LogP contribution in [0.25, 0.3) is 11.3 Å². The third kappa shape index (κ3) is 2.88. The number of nitrogens with one attached hydrogen (secondary N) is 1. The average Bonchev–Trinajstić information content (AvgIpc) is 2.77. The molecule has 4 nitrogen and oxygen atoms in total. The standard InChI is InChI=1S/C12H15FN4/c1-2-10(14)4-11-5-12(17-16-11)8-3-9(13)7-15-6-8/h3,5-7,10H,2,4,14H2,1H3,(H,16,17). The molecular weight excluding hydrogens is 219 g/mol. The number of H-pyrrole nitrogens is 1. The van der Waals surface area contributed by atoms with Crippen molar-refractivity contribution in [2.75, 3.05) is 0 Å². The normalized spacial score (nSPS) is 12.6. The van der Waals surface area contributed by atoms with Gasteiger partial charge >= 0.3 is 0 Å². The first kappa shape index (κ1) is 11.7. The van der Waals surface area contributed by atoms with Gasteiger partial charge in [-0.15, -0.1) is 0 Å². The molecule has 2 aromatic heterocycles. The molecule has 3 N–H and O–H groups in total. The van der Waals surface area contributed by atoms with Crippen molar-refractivity contribution < 1.29 is 4.39 Å². The molecule has 0 bridgehead atoms. The van der Waals surface area contributed by atoms with Crippen LogP contribution in [0.4, 0.5) is 4.39 Å². The van der Waals surface area contributed by atoms with Gasteiger partial charge in [-0.05, 0) is 18.6 Å². The number of hydrogen-bond acceptors (Lipinski definition) is 3. The number of aromatic nitrogens is 3. The summed E-state index contributed by atoms with van der Waals surface area (Å²) in [5, 5.41) is 7.04. The van der Waals surface area contributed by atoms with Crippen LogP contribution in [0, 0.1) is 5.82 Å². The van der Waals surface area contributed by atoms with Gasteiger partial charge in [-0.2, -0.15) is 5.10 Å². The van der Waals surface area contributed by atoms with E-state index in [4.69, 9.17) is 5.73 Å². The minimum atomic E-state index is -0.364. The number of pyridine rings is 1. The number of nitrogens with two attached hydrogens (primary N) is 1. The molecule has 0 saturated heterocycles. The smallest absolute Gasteiger partial charge is 0.142 e. The molecule has 0 fully saturated rings. The molecule has 0 amide bonds. The van der Waals surface area contributed by atoms with Crippen molar-refractivity contribution in [1.82, 2.24) is 15.2 Å². The van der Waals surface area contributed by atoms with Gasteiger partial charge in [-0.25, -0.2) is 4.39 Å². The lowest BCUT2D eigenvalue weighted by Gasteiger charge is -2.04. The lowest BCUT2D eigenvalue weighted by Crippen LogP contribution is -2.21. The molecule has 90 valence electrons. The molecule has 0 radical (unpaired) electrons. The molecule has 1 unspecified atom stereocenters. The maximum atomic E-state index is 13.0. The zero-order valence-electron chi connectivity index (χ0n) is 9.65. The lowest BCUT2D eigenvalue weighted by atomic mass is 10.1. The van der Waals surface area contributed by atoms with E-state index < -0.39 is 0 Å². The van der Waals surface area contributed by atoms with Gasteiger partial charge in [0.25, 0.3) is 0 Å². The van der Waals surface area contributed by atoms with Crippen LogP contribution in [-0.2, 0) is 6.42 Å². The van der Waals surface area contributed by atoms with Gasteiger partial charge in [0.1, 0.15) is 5.82 Å². The van der Waals surface area contributed by atoms with Crippen LogP contribution < -0.4 is 5.73 Å². The summed E-state index contributed by atoms with van der Waals surface area (Å²) in [4.78, 5) is 3.79. The Kier molecular flexibility index (Phi) is 3.49. The van der Waals surface area contributed by atoms with Crippen LogP contribution in [0.3, 0.4) is 0 Å². The summed E-state index contributed by atoms with van der Waals surface area (Å²) < 4.78 is 13.0. The zero-order chi connectivity index (χ0) is 12.3. The summed E-state index contributed by atoms with van der Waals surface area (Å²) in [6.45, 7) is 2.04. The maximum Gasteiger partial charge on any atom is 0.142 e. The van der Waals surface area contributed by atoms with E-state index in [2.05, 4.69) is 15.2 Å². The highest BCUT2D eigenvalue weighted by Crippen LogP contribution is 2.17. The molecule has 5 heteroatoms. The SMILES string of the molecule is CCC(N)Cc1cc(-c2cncc(F)c2)n[nH]1. The van der Waals surface area contributed by atoms with Crippen molar-refractivity contribution >= 4 is 0 Å². The second kappa shape index (κ2) is 5.05. The number of rotatable bonds is 4. The minimum Gasteiger partial charge on any atom is -0.327 e. The van der Waals surface area contributed by atoms with E-state index in [0.29, 0.717) is 11.3 Å². The first-order valence-corrected chi connectivity index (χ1v) is 5.60. The van der Waals surface area contributed by atoms with Crippen molar-refractivity contribution in [2.24, 2.45) is 5.73 Å². The van der Waals surface area contributed by atoms with E-state index in [1.165, 1.54) is 12.3 Å². The van der Waals surface area contributed by atoms with Crippen molar-refractivity contribution in [3.8, 4) is 11.3 Å². The topological polar surface area (TPSA) is 67.6 Å². The fraction of sp³-hybridized carbons (Fsp3) is 0.333. The molecule has 1 atom stereocenters. The molecule has 2 aromatic rings. The van der Waals surface area contributed by atoms with Crippen molar-refractivity contribution in [3.05, 3.63) is 36.0 Å². The summed E-state index contributed by atoms with van der Waals surface area (Å²) in [7, 11) is 0. The number of hydrogen-bond donors (Lipinski definition) is 2. The van der Waals surface area contributed by atoms with Gasteiger partial charge in [-0.1, -0.05) is 6.92 Å². The van der Waals surface area contributed by atoms with Gasteiger partial charge in [0.05, 0.1) is 11.9 Å². The molecule has 0 saturated carbocycles. The summed E-state index contributed by atoms with van der Waals surface area (Å²) in [6, 6.07) is 3.41. The quantitative estimate of drug-likeness (QED) is 0.848. The Morgan fingerprint density at radius 2 is 2.24 bits per heavy atom. The van der Waals surface area contributed by atoms with Gasteiger partial charge in [-0.3, -0.25) is 10.1 Å². The van der Waals surface area contributed by atoms with Crippen molar-refractivity contribution in [3.63, 3.8) is 0 Å². The average molecular weight is 234 g/mol. The van der Waals surface area contributed by atoms with Crippen LogP contribution >= 0.6 is 0 Å². The molecule has 0 aliphatic heterocycles. The summed E-state index contributed by atoms with van der Waals surface area (Å²) in [5.74, 6) is -0.364. The summed E-state index contributed by atoms with van der Waals surface area (Å²) >= 11 is 0. The van der Waals surface area contributed by atoms with Crippen molar-refractivity contribution in [1.29, 1.82) is 0 Å². The summed E-state index contributed by atoms with van der Waals surface area (Å²) in [5.41, 5.74) is 8.17. The number of nitrogens with zero attached hydrogens (tertiary/aromatic N) is 2. The third-order valence-electron chi connectivity index (χ3n) is 2.64. The monoisotopic (exact) mass is 234 g/mol. The van der Waals surface area contributed by atoms with E-state index in [0.717, 1.165) is 18.5 Å². The van der Waals surface area contributed by atoms with E-state index in [1.54, 1.807) is 6.20 Å². The highest BCUT2D eigenvalue weighted by atomic mass is 19.1. The molecule has 0 aliphatic carbocycles. The van der Waals surface area contributed by atoms with Crippen LogP contribution in [0.15, 0.2) is 24.5 Å². The highest BCUT2D eigenvalue weighted by Gasteiger charge is 2.07. The number of aromatic amines is 1. The first-order valence-electron chi connectivity index (χ1n) is 5.60. The maximum absolute atomic E-state index is 13.0. The predicted octanol–water partition coefficient (Wildman–Crippen LogP) is 1.89. The largest absolute Gasteiger partial charge is 0.327 e. The molecule has 17 heavy (non-hydrogen) atoms. The van der Waals surface area contributed by atoms with Crippen LogP contribution in [0.2, 0.25) is 0 Å². The fourth-order valence-corrected chi connectivity index (χ4v) is 1.59. The van der Waals surface area contributed by atoms with Crippen LogP contribution in [-0.4, -0.2) is 21.2 Å². The van der Waals surface area contributed by atoms with Gasteiger partial charge in [0, 0.05) is 29.9 Å². The molecule has 2 rings (SSSR count). The highest BCUT2D eigenvalue weighted by molar-refractivity contribution is 5.57. The molecule has 0 aromatic carbocycles. The Morgan fingerprint density at radius 3 is 2.94 bits per heavy atom. The Morgan fingerprint density at radius 1 is 1.41 bits per heavy atom. The minimum absolute atomic E-state index is 0.119. The molecular formula is C12H15FN4. The van der Waals surface area contributed by atoms with E-state index >= 15 is 0 Å². The summed E-state index contributed by atoms with van der Waals surface area (Å²) in [6.07, 6.45) is 4.41. The lowest BCUT2D eigenvalue weighted by molar-refractivity contribution is 0.622. The third-order valence-corrected chi connectivity index (χ3v) is 2.64. The van der Waals surface area contributed by atoms with Crippen LogP contribution in [0.5, 0.6) is 0 Å². The Labute approximate surface area is 99.1 Å². The number of halogens is 1. The molecule has 0 spiro atoms. The van der Waals surface area contributed by atoms with Gasteiger partial charge < -0.3 is 5.73 Å². The second-order valence-electron chi connectivity index (χ2n) is 4.04. The van der Waals surface area contributed by atoms with Gasteiger partial charge in [0.2, 0.25) is 0 Å². The van der Waals surface area contributed by atoms with Gasteiger partial charge in [0.15, 0.2) is 0 Å².